The molecule has 1 aromatic carbocycles. The molecule has 0 radical (unpaired) electrons. The van der Waals surface area contributed by atoms with E-state index in [0.717, 1.165) is 0 Å². The summed E-state index contributed by atoms with van der Waals surface area (Å²) >= 11 is 0. The van der Waals surface area contributed by atoms with Gasteiger partial charge in [0.1, 0.15) is 16.9 Å². The molecule has 16 heavy (non-hydrogen) atoms. The van der Waals surface area contributed by atoms with Crippen molar-refractivity contribution in [2.24, 2.45) is 0 Å². The van der Waals surface area contributed by atoms with Crippen LogP contribution < -0.4 is 4.74 Å². The predicted octanol–water partition coefficient (Wildman–Crippen LogP) is 1.87. The molecule has 0 aliphatic rings. The van der Waals surface area contributed by atoms with Crippen molar-refractivity contribution in [1.29, 1.82) is 0 Å². The maximum absolute atomic E-state index is 10.9. The molecular formula is C11H12O5. The summed E-state index contributed by atoms with van der Waals surface area (Å²) in [5, 5.41) is 17.8. The zero-order chi connectivity index (χ0) is 12.3. The smallest absolute Gasteiger partial charge is 0.339 e. The molecule has 0 amide bonds. The first kappa shape index (κ1) is 12.0. The molecule has 86 valence electrons. The molecule has 0 fully saturated rings. The van der Waals surface area contributed by atoms with Crippen LogP contribution in [-0.2, 0) is 0 Å². The number of ether oxygens (including phenoxy) is 1. The predicted molar refractivity (Wildman–Crippen MR) is 56.1 cm³/mol. The molecule has 0 atom stereocenters. The van der Waals surface area contributed by atoms with Gasteiger partial charge in [-0.1, -0.05) is 6.07 Å². The Morgan fingerprint density at radius 3 is 1.88 bits per heavy atom. The first-order valence-electron chi connectivity index (χ1n) is 4.69. The number of benzene rings is 1. The Bertz CT molecular complexity index is 390. The Kier molecular flexibility index (Phi) is 3.50. The van der Waals surface area contributed by atoms with E-state index in [9.17, 15) is 9.59 Å². The molecule has 1 rings (SSSR count). The lowest BCUT2D eigenvalue weighted by molar-refractivity contribution is 0.0685. The van der Waals surface area contributed by atoms with Gasteiger partial charge < -0.3 is 14.9 Å². The molecule has 0 bridgehead atoms. The van der Waals surface area contributed by atoms with Crippen molar-refractivity contribution >= 4 is 11.9 Å². The van der Waals surface area contributed by atoms with Crippen molar-refractivity contribution in [2.75, 3.05) is 0 Å². The fourth-order valence-corrected chi connectivity index (χ4v) is 1.24. The fourth-order valence-electron chi connectivity index (χ4n) is 1.24. The van der Waals surface area contributed by atoms with Crippen molar-refractivity contribution in [3.63, 3.8) is 0 Å². The third kappa shape index (κ3) is 2.50. The highest BCUT2D eigenvalue weighted by Crippen LogP contribution is 2.25. The second-order valence-corrected chi connectivity index (χ2v) is 3.46. The second-order valence-electron chi connectivity index (χ2n) is 3.46. The number of carbonyl (C=O) groups is 2. The molecule has 5 heteroatoms. The highest BCUT2D eigenvalue weighted by atomic mass is 16.5. The average molecular weight is 224 g/mol. The van der Waals surface area contributed by atoms with Gasteiger partial charge in [0.25, 0.3) is 0 Å². The van der Waals surface area contributed by atoms with Crippen molar-refractivity contribution < 1.29 is 24.5 Å². The number of hydrogen-bond donors (Lipinski definition) is 2. The Balaban J connectivity index is 3.34. The fraction of sp³-hybridized carbons (Fsp3) is 0.273. The van der Waals surface area contributed by atoms with Crippen LogP contribution in [0.25, 0.3) is 0 Å². The summed E-state index contributed by atoms with van der Waals surface area (Å²) in [7, 11) is 0. The number of aromatic carboxylic acids is 2. The molecule has 0 aliphatic heterocycles. The van der Waals surface area contributed by atoms with E-state index in [1.54, 1.807) is 13.8 Å². The van der Waals surface area contributed by atoms with Gasteiger partial charge in [0, 0.05) is 0 Å². The van der Waals surface area contributed by atoms with Gasteiger partial charge in [-0.2, -0.15) is 0 Å². The van der Waals surface area contributed by atoms with E-state index in [1.807, 2.05) is 0 Å². The summed E-state index contributed by atoms with van der Waals surface area (Å²) in [4.78, 5) is 21.8. The minimum atomic E-state index is -1.21. The molecule has 5 nitrogen and oxygen atoms in total. The van der Waals surface area contributed by atoms with Gasteiger partial charge in [0.15, 0.2) is 0 Å². The minimum absolute atomic E-state index is 0.0995. The van der Waals surface area contributed by atoms with Crippen LogP contribution in [0.15, 0.2) is 18.2 Å². The Morgan fingerprint density at radius 1 is 1.12 bits per heavy atom. The van der Waals surface area contributed by atoms with Crippen LogP contribution in [0.1, 0.15) is 34.6 Å². The molecule has 0 saturated heterocycles. The molecule has 0 heterocycles. The standard InChI is InChI=1S/C11H12O5/c1-6(2)16-9-7(10(12)13)4-3-5-8(9)11(14)15/h3-6H,1-2H3,(H,12,13)(H,14,15). The lowest BCUT2D eigenvalue weighted by atomic mass is 10.1. The van der Waals surface area contributed by atoms with Crippen molar-refractivity contribution in [2.45, 2.75) is 20.0 Å². The van der Waals surface area contributed by atoms with E-state index >= 15 is 0 Å². The lowest BCUT2D eigenvalue weighted by Crippen LogP contribution is -2.13. The third-order valence-electron chi connectivity index (χ3n) is 1.83. The summed E-state index contributed by atoms with van der Waals surface area (Å²) in [6.45, 7) is 3.40. The van der Waals surface area contributed by atoms with Crippen LogP contribution in [0, 0.1) is 0 Å². The monoisotopic (exact) mass is 224 g/mol. The molecule has 0 aliphatic carbocycles. The maximum atomic E-state index is 10.9. The average Bonchev–Trinajstić information content (AvgIpc) is 2.16. The molecule has 1 aromatic rings. The van der Waals surface area contributed by atoms with E-state index in [2.05, 4.69) is 0 Å². The molecular weight excluding hydrogens is 212 g/mol. The Morgan fingerprint density at radius 2 is 1.56 bits per heavy atom. The van der Waals surface area contributed by atoms with Crippen LogP contribution in [-0.4, -0.2) is 28.3 Å². The van der Waals surface area contributed by atoms with Gasteiger partial charge >= 0.3 is 11.9 Å². The zero-order valence-corrected chi connectivity index (χ0v) is 8.93. The quantitative estimate of drug-likeness (QED) is 0.815. The largest absolute Gasteiger partial charge is 0.489 e. The van der Waals surface area contributed by atoms with Crippen molar-refractivity contribution in [1.82, 2.24) is 0 Å². The van der Waals surface area contributed by atoms with Crippen LogP contribution >= 0.6 is 0 Å². The molecule has 0 saturated carbocycles. The molecule has 0 unspecified atom stereocenters. The van der Waals surface area contributed by atoms with Crippen LogP contribution in [0.5, 0.6) is 5.75 Å². The molecule has 0 aromatic heterocycles. The number of carboxylic acid groups (broad SMARTS) is 2. The van der Waals surface area contributed by atoms with Crippen LogP contribution in [0.2, 0.25) is 0 Å². The van der Waals surface area contributed by atoms with Gasteiger partial charge in [-0.3, -0.25) is 0 Å². The summed E-state index contributed by atoms with van der Waals surface area (Å²) in [6.07, 6.45) is -0.293. The zero-order valence-electron chi connectivity index (χ0n) is 8.93. The van der Waals surface area contributed by atoms with E-state index in [1.165, 1.54) is 18.2 Å². The van der Waals surface area contributed by atoms with E-state index in [0.29, 0.717) is 0 Å². The number of hydrogen-bond acceptors (Lipinski definition) is 3. The van der Waals surface area contributed by atoms with Crippen molar-refractivity contribution in [3.05, 3.63) is 29.3 Å². The summed E-state index contributed by atoms with van der Waals surface area (Å²) in [6, 6.07) is 4.00. The van der Waals surface area contributed by atoms with Gasteiger partial charge in [-0.25, -0.2) is 9.59 Å². The highest BCUT2D eigenvalue weighted by Gasteiger charge is 2.20. The number of para-hydroxylation sites is 1. The topological polar surface area (TPSA) is 83.8 Å². The Hall–Kier alpha value is -2.04. The lowest BCUT2D eigenvalue weighted by Gasteiger charge is -2.14. The van der Waals surface area contributed by atoms with Gasteiger partial charge in [0.2, 0.25) is 0 Å². The number of carboxylic acids is 2. The van der Waals surface area contributed by atoms with Crippen LogP contribution in [0.3, 0.4) is 0 Å². The maximum Gasteiger partial charge on any atom is 0.339 e. The Labute approximate surface area is 92.3 Å². The van der Waals surface area contributed by atoms with Gasteiger partial charge in [-0.05, 0) is 26.0 Å². The van der Waals surface area contributed by atoms with Crippen molar-refractivity contribution in [3.8, 4) is 5.75 Å². The summed E-state index contributed by atoms with van der Waals surface area (Å²) < 4.78 is 5.24. The normalized spacial score (nSPS) is 10.2. The molecule has 0 spiro atoms. The van der Waals surface area contributed by atoms with E-state index < -0.39 is 11.9 Å². The SMILES string of the molecule is CC(C)Oc1c(C(=O)O)cccc1C(=O)O. The van der Waals surface area contributed by atoms with Gasteiger partial charge in [-0.15, -0.1) is 0 Å². The first-order chi connectivity index (χ1) is 7.43. The van der Waals surface area contributed by atoms with Crippen LogP contribution in [0.4, 0.5) is 0 Å². The second kappa shape index (κ2) is 4.65. The van der Waals surface area contributed by atoms with E-state index in [-0.39, 0.29) is 23.0 Å². The first-order valence-corrected chi connectivity index (χ1v) is 4.69. The summed E-state index contributed by atoms with van der Waals surface area (Å²) in [5.74, 6) is -2.52. The minimum Gasteiger partial charge on any atom is -0.489 e. The highest BCUT2D eigenvalue weighted by molar-refractivity contribution is 5.98. The molecule has 2 N–H and O–H groups in total. The summed E-state index contributed by atoms with van der Waals surface area (Å²) in [5.41, 5.74) is -0.290. The third-order valence-corrected chi connectivity index (χ3v) is 1.83. The van der Waals surface area contributed by atoms with E-state index in [4.69, 9.17) is 14.9 Å². The number of rotatable bonds is 4. The van der Waals surface area contributed by atoms with Gasteiger partial charge in [0.05, 0.1) is 6.10 Å².